The van der Waals surface area contributed by atoms with E-state index in [-0.39, 0.29) is 0 Å². The van der Waals surface area contributed by atoms with Crippen LogP contribution in [0.3, 0.4) is 0 Å². The van der Waals surface area contributed by atoms with Gasteiger partial charge in [0.15, 0.2) is 0 Å². The van der Waals surface area contributed by atoms with Crippen molar-refractivity contribution in [3.8, 4) is 0 Å². The van der Waals surface area contributed by atoms with Gasteiger partial charge in [-0.3, -0.25) is 0 Å². The molecule has 0 aromatic heterocycles. The Bertz CT molecular complexity index is 415. The van der Waals surface area contributed by atoms with Crippen LogP contribution in [0.15, 0.2) is 0 Å². The summed E-state index contributed by atoms with van der Waals surface area (Å²) in [4.78, 5) is 0. The minimum atomic E-state index is 0.402. The van der Waals surface area contributed by atoms with E-state index in [0.717, 1.165) is 77.2 Å². The Balaban J connectivity index is 0.000000187. The van der Waals surface area contributed by atoms with Gasteiger partial charge in [0.2, 0.25) is 0 Å². The molecule has 3 aliphatic heterocycles. The van der Waals surface area contributed by atoms with Crippen molar-refractivity contribution in [2.24, 2.45) is 17.8 Å². The van der Waals surface area contributed by atoms with E-state index in [9.17, 15) is 0 Å². The Morgan fingerprint density at radius 3 is 1.52 bits per heavy atom. The van der Waals surface area contributed by atoms with Crippen LogP contribution in [-0.2, 0) is 28.4 Å². The molecule has 4 aliphatic rings. The number of rotatable bonds is 16. The summed E-state index contributed by atoms with van der Waals surface area (Å²) in [6.07, 6.45) is 11.6. The van der Waals surface area contributed by atoms with Crippen molar-refractivity contribution in [1.29, 1.82) is 0 Å². The first-order valence-corrected chi connectivity index (χ1v) is 12.8. The summed E-state index contributed by atoms with van der Waals surface area (Å²) in [5.74, 6) is 2.28. The third-order valence-electron chi connectivity index (χ3n) is 6.69. The third-order valence-corrected chi connectivity index (χ3v) is 6.69. The second-order valence-corrected chi connectivity index (χ2v) is 9.78. The molecule has 1 aliphatic carbocycles. The predicted molar refractivity (Wildman–Crippen MR) is 120 cm³/mol. The first kappa shape index (κ1) is 25.4. The van der Waals surface area contributed by atoms with Gasteiger partial charge in [-0.25, -0.2) is 0 Å². The molecule has 3 heterocycles. The Morgan fingerprint density at radius 1 is 0.677 bits per heavy atom. The fourth-order valence-corrected chi connectivity index (χ4v) is 4.05. The van der Waals surface area contributed by atoms with Gasteiger partial charge in [0.1, 0.15) is 18.3 Å². The number of unbranched alkanes of at least 4 members (excludes halogenated alkanes) is 1. The van der Waals surface area contributed by atoms with E-state index in [1.165, 1.54) is 51.4 Å². The van der Waals surface area contributed by atoms with E-state index < -0.39 is 0 Å². The average molecular weight is 443 g/mol. The molecule has 4 atom stereocenters. The van der Waals surface area contributed by atoms with Crippen LogP contribution in [0.1, 0.15) is 65.2 Å². The second-order valence-electron chi connectivity index (χ2n) is 9.78. The van der Waals surface area contributed by atoms with Crippen LogP contribution in [-0.4, -0.2) is 77.8 Å². The van der Waals surface area contributed by atoms with Crippen molar-refractivity contribution in [2.75, 3.05) is 59.5 Å². The zero-order chi connectivity index (χ0) is 21.7. The number of hydrogen-bond donors (Lipinski definition) is 0. The molecule has 0 radical (unpaired) electrons. The van der Waals surface area contributed by atoms with Gasteiger partial charge in [0.25, 0.3) is 0 Å². The molecule has 1 saturated carbocycles. The molecule has 0 aromatic rings. The Hall–Kier alpha value is -0.240. The smallest absolute Gasteiger partial charge is 0.104 e. The third kappa shape index (κ3) is 12.5. The van der Waals surface area contributed by atoms with Gasteiger partial charge in [-0.2, -0.15) is 0 Å². The monoisotopic (exact) mass is 442 g/mol. The van der Waals surface area contributed by atoms with E-state index >= 15 is 0 Å². The molecule has 4 fully saturated rings. The molecule has 0 amide bonds. The van der Waals surface area contributed by atoms with E-state index in [4.69, 9.17) is 28.4 Å². The van der Waals surface area contributed by atoms with Gasteiger partial charge in [-0.1, -0.05) is 33.1 Å². The van der Waals surface area contributed by atoms with Crippen molar-refractivity contribution in [3.05, 3.63) is 0 Å². The molecule has 0 bridgehead atoms. The predicted octanol–water partition coefficient (Wildman–Crippen LogP) is 4.24. The molecule has 3 saturated heterocycles. The highest BCUT2D eigenvalue weighted by Crippen LogP contribution is 2.29. The lowest BCUT2D eigenvalue weighted by Gasteiger charge is -2.28. The van der Waals surface area contributed by atoms with Crippen molar-refractivity contribution in [2.45, 2.75) is 83.5 Å². The van der Waals surface area contributed by atoms with Gasteiger partial charge < -0.3 is 28.4 Å². The van der Waals surface area contributed by atoms with Crippen LogP contribution in [0.4, 0.5) is 0 Å². The first-order chi connectivity index (χ1) is 15.3. The lowest BCUT2D eigenvalue weighted by Crippen LogP contribution is -2.23. The molecule has 0 aromatic carbocycles. The normalized spacial score (nSPS) is 32.1. The lowest BCUT2D eigenvalue weighted by molar-refractivity contribution is 0.0415. The molecular weight excluding hydrogens is 396 g/mol. The van der Waals surface area contributed by atoms with Crippen molar-refractivity contribution < 1.29 is 28.4 Å². The average Bonchev–Trinajstić information content (AvgIpc) is 3.63. The quantitative estimate of drug-likeness (QED) is 0.333. The summed E-state index contributed by atoms with van der Waals surface area (Å²) < 4.78 is 32.3. The maximum absolute atomic E-state index is 5.68. The minimum Gasteiger partial charge on any atom is -0.378 e. The standard InChI is InChI=1S/C14H24O4.C11H22O2/c1-2-12(6-16-8-14-10-18-14)4-3-11(1)5-15-7-13-9-17-13;1-3-5-6-10(4-2)7-12-8-11-9-13-11/h11-14H,1-10H2;10-11H,3-9H2,1-2H3. The molecule has 4 unspecified atom stereocenters. The summed E-state index contributed by atoms with van der Waals surface area (Å²) in [6.45, 7) is 12.4. The van der Waals surface area contributed by atoms with E-state index in [1.54, 1.807) is 0 Å². The Kier molecular flexibility index (Phi) is 12.1. The van der Waals surface area contributed by atoms with Crippen LogP contribution in [0.5, 0.6) is 0 Å². The molecule has 31 heavy (non-hydrogen) atoms. The number of hydrogen-bond acceptors (Lipinski definition) is 6. The van der Waals surface area contributed by atoms with Gasteiger partial charge >= 0.3 is 0 Å². The summed E-state index contributed by atoms with van der Waals surface area (Å²) in [5.41, 5.74) is 0. The maximum atomic E-state index is 5.68. The topological polar surface area (TPSA) is 65.3 Å². The van der Waals surface area contributed by atoms with Crippen molar-refractivity contribution >= 4 is 0 Å². The minimum absolute atomic E-state index is 0.402. The van der Waals surface area contributed by atoms with E-state index in [1.807, 2.05) is 0 Å². The summed E-state index contributed by atoms with van der Waals surface area (Å²) in [6, 6.07) is 0. The maximum Gasteiger partial charge on any atom is 0.104 e. The van der Waals surface area contributed by atoms with E-state index in [0.29, 0.717) is 18.3 Å². The molecule has 0 N–H and O–H groups in total. The second kappa shape index (κ2) is 14.8. The zero-order valence-corrected chi connectivity index (χ0v) is 19.9. The van der Waals surface area contributed by atoms with Crippen LogP contribution in [0.2, 0.25) is 0 Å². The summed E-state index contributed by atoms with van der Waals surface area (Å²) in [5, 5.41) is 0. The van der Waals surface area contributed by atoms with Crippen LogP contribution < -0.4 is 0 Å². The number of epoxide rings is 3. The van der Waals surface area contributed by atoms with Crippen molar-refractivity contribution in [1.82, 2.24) is 0 Å². The van der Waals surface area contributed by atoms with Gasteiger partial charge in [-0.05, 0) is 49.9 Å². The van der Waals surface area contributed by atoms with Crippen LogP contribution in [0.25, 0.3) is 0 Å². The molecule has 6 heteroatoms. The highest BCUT2D eigenvalue weighted by atomic mass is 16.6. The van der Waals surface area contributed by atoms with Gasteiger partial charge in [0, 0.05) is 19.8 Å². The molecule has 182 valence electrons. The fourth-order valence-electron chi connectivity index (χ4n) is 4.05. The molecule has 0 spiro atoms. The van der Waals surface area contributed by atoms with Crippen molar-refractivity contribution in [3.63, 3.8) is 0 Å². The summed E-state index contributed by atoms with van der Waals surface area (Å²) >= 11 is 0. The highest BCUT2D eigenvalue weighted by molar-refractivity contribution is 4.74. The summed E-state index contributed by atoms with van der Waals surface area (Å²) in [7, 11) is 0. The lowest BCUT2D eigenvalue weighted by atomic mass is 9.83. The zero-order valence-electron chi connectivity index (χ0n) is 19.9. The molecular formula is C25H46O6. The molecule has 6 nitrogen and oxygen atoms in total. The molecule has 4 rings (SSSR count). The fraction of sp³-hybridized carbons (Fsp3) is 1.00. The van der Waals surface area contributed by atoms with E-state index in [2.05, 4.69) is 13.8 Å². The largest absolute Gasteiger partial charge is 0.378 e. The van der Waals surface area contributed by atoms with Gasteiger partial charge in [-0.15, -0.1) is 0 Å². The van der Waals surface area contributed by atoms with Gasteiger partial charge in [0.05, 0.1) is 39.6 Å². The first-order valence-electron chi connectivity index (χ1n) is 12.8. The number of ether oxygens (including phenoxy) is 6. The van der Waals surface area contributed by atoms with Crippen LogP contribution in [0, 0.1) is 17.8 Å². The highest BCUT2D eigenvalue weighted by Gasteiger charge is 2.26. The Morgan fingerprint density at radius 2 is 1.13 bits per heavy atom. The Labute approximate surface area is 189 Å². The SMILES string of the molecule is C1CC(COCC2CO2)CCC1COCC1CO1.CCCCC(CC)COCC1CO1. The van der Waals surface area contributed by atoms with Crippen LogP contribution >= 0.6 is 0 Å².